The van der Waals surface area contributed by atoms with E-state index in [0.717, 1.165) is 42.2 Å². The molecule has 0 N–H and O–H groups in total. The Morgan fingerprint density at radius 1 is 0.733 bits per heavy atom. The second-order valence-corrected chi connectivity index (χ2v) is 7.58. The van der Waals surface area contributed by atoms with Crippen molar-refractivity contribution in [3.63, 3.8) is 0 Å². The zero-order valence-electron chi connectivity index (χ0n) is 16.8. The summed E-state index contributed by atoms with van der Waals surface area (Å²) in [5, 5.41) is 14.7. The number of aryl methyl sites for hydroxylation is 2. The van der Waals surface area contributed by atoms with E-state index in [1.54, 1.807) is 13.8 Å². The Balaban J connectivity index is 1.99. The van der Waals surface area contributed by atoms with E-state index in [2.05, 4.69) is 0 Å². The second kappa shape index (κ2) is 6.85. The molecule has 4 heteroatoms. The third-order valence-corrected chi connectivity index (χ3v) is 5.65. The summed E-state index contributed by atoms with van der Waals surface area (Å²) in [5.41, 5.74) is 5.83. The molecule has 4 nitrogen and oxygen atoms in total. The first kappa shape index (κ1) is 18.1. The predicted octanol–water partition coefficient (Wildman–Crippen LogP) is 6.01. The molecule has 5 rings (SSSR count). The van der Waals surface area contributed by atoms with Crippen LogP contribution in [0.5, 0.6) is 0 Å². The van der Waals surface area contributed by atoms with Crippen molar-refractivity contribution in [1.29, 1.82) is 0 Å². The summed E-state index contributed by atoms with van der Waals surface area (Å²) in [7, 11) is 0. The maximum atomic E-state index is 13.2. The van der Waals surface area contributed by atoms with Crippen LogP contribution in [0.15, 0.2) is 84.9 Å². The molecular formula is C26H20N2O2. The second-order valence-electron chi connectivity index (χ2n) is 7.58. The van der Waals surface area contributed by atoms with Gasteiger partial charge in [-0.15, -0.1) is 0 Å². The van der Waals surface area contributed by atoms with Gasteiger partial charge in [0, 0.05) is 34.5 Å². The van der Waals surface area contributed by atoms with Gasteiger partial charge in [0.15, 0.2) is 0 Å². The molecular weight excluding hydrogens is 372 g/mol. The van der Waals surface area contributed by atoms with Crippen LogP contribution in [0.3, 0.4) is 0 Å². The zero-order valence-corrected chi connectivity index (χ0v) is 16.8. The summed E-state index contributed by atoms with van der Waals surface area (Å²) < 4.78 is 1.76. The molecule has 0 aliphatic carbocycles. The lowest BCUT2D eigenvalue weighted by Crippen LogP contribution is -2.21. The number of nitrogens with zero attached hydrogens (tertiary/aromatic N) is 2. The Hall–Kier alpha value is -3.92. The summed E-state index contributed by atoms with van der Waals surface area (Å²) in [5.74, 6) is 0. The van der Waals surface area contributed by atoms with Crippen molar-refractivity contribution >= 4 is 21.8 Å². The minimum Gasteiger partial charge on any atom is -0.805 e. The van der Waals surface area contributed by atoms with Gasteiger partial charge in [0.2, 0.25) is 5.69 Å². The van der Waals surface area contributed by atoms with E-state index >= 15 is 0 Å². The molecule has 2 aromatic heterocycles. The van der Waals surface area contributed by atoms with E-state index in [-0.39, 0.29) is 0 Å². The molecule has 30 heavy (non-hydrogen) atoms. The van der Waals surface area contributed by atoms with Crippen molar-refractivity contribution in [3.05, 3.63) is 106 Å². The topological polar surface area (TPSA) is 51.0 Å². The average Bonchev–Trinajstić information content (AvgIpc) is 2.79. The fourth-order valence-corrected chi connectivity index (χ4v) is 4.18. The van der Waals surface area contributed by atoms with Gasteiger partial charge in [-0.3, -0.25) is 0 Å². The SMILES string of the molecule is Cc1cc(-c2ccccc2)c2ccc3c(-c4ccccc4)cc(C)[n+](=O)c3c2n1[O-]. The predicted molar refractivity (Wildman–Crippen MR) is 122 cm³/mol. The highest BCUT2D eigenvalue weighted by molar-refractivity contribution is 6.11. The maximum absolute atomic E-state index is 13.2. The number of pyridine rings is 2. The lowest BCUT2D eigenvalue weighted by atomic mass is 9.95. The number of hydrogen-bond acceptors (Lipinski definition) is 2. The van der Waals surface area contributed by atoms with Crippen LogP contribution in [-0.4, -0.2) is 4.73 Å². The quantitative estimate of drug-likeness (QED) is 0.273. The van der Waals surface area contributed by atoms with E-state index in [4.69, 9.17) is 0 Å². The van der Waals surface area contributed by atoms with Crippen LogP contribution in [0.25, 0.3) is 44.1 Å². The third-order valence-electron chi connectivity index (χ3n) is 5.65. The van der Waals surface area contributed by atoms with Gasteiger partial charge in [0.05, 0.1) is 9.81 Å². The first-order valence-electron chi connectivity index (χ1n) is 9.90. The average molecular weight is 392 g/mol. The van der Waals surface area contributed by atoms with E-state index in [0.29, 0.717) is 22.4 Å². The van der Waals surface area contributed by atoms with Crippen molar-refractivity contribution in [2.75, 3.05) is 0 Å². The zero-order chi connectivity index (χ0) is 20.8. The first-order chi connectivity index (χ1) is 14.6. The monoisotopic (exact) mass is 392 g/mol. The van der Waals surface area contributed by atoms with Crippen LogP contribution in [0.2, 0.25) is 0 Å². The van der Waals surface area contributed by atoms with Gasteiger partial charge in [-0.05, 0) is 35.7 Å². The van der Waals surface area contributed by atoms with Crippen molar-refractivity contribution in [3.8, 4) is 22.3 Å². The van der Waals surface area contributed by atoms with Gasteiger partial charge in [-0.25, -0.2) is 0 Å². The Morgan fingerprint density at radius 3 is 1.87 bits per heavy atom. The van der Waals surface area contributed by atoms with Crippen molar-refractivity contribution < 1.29 is 4.43 Å². The summed E-state index contributed by atoms with van der Waals surface area (Å²) >= 11 is 0. The minimum atomic E-state index is 0.405. The van der Waals surface area contributed by atoms with Gasteiger partial charge in [-0.1, -0.05) is 66.7 Å². The number of aromatic nitrogens is 2. The summed E-state index contributed by atoms with van der Waals surface area (Å²) in [6, 6.07) is 27.6. The van der Waals surface area contributed by atoms with Crippen molar-refractivity contribution in [2.24, 2.45) is 0 Å². The van der Waals surface area contributed by atoms with Gasteiger partial charge in [-0.2, -0.15) is 0 Å². The molecule has 0 atom stereocenters. The van der Waals surface area contributed by atoms with Gasteiger partial charge >= 0.3 is 0 Å². The highest BCUT2D eigenvalue weighted by Crippen LogP contribution is 2.36. The molecule has 0 aliphatic rings. The molecule has 0 bridgehead atoms. The van der Waals surface area contributed by atoms with Crippen LogP contribution < -0.4 is 4.43 Å². The molecule has 0 fully saturated rings. The van der Waals surface area contributed by atoms with Crippen molar-refractivity contribution in [2.45, 2.75) is 13.8 Å². The van der Waals surface area contributed by atoms with Crippen LogP contribution in [0.1, 0.15) is 11.4 Å². The highest BCUT2D eigenvalue weighted by atomic mass is 16.5. The number of rotatable bonds is 2. The molecule has 5 aromatic rings. The Kier molecular flexibility index (Phi) is 4.14. The summed E-state index contributed by atoms with van der Waals surface area (Å²) in [4.78, 5) is 13.2. The lowest BCUT2D eigenvalue weighted by Gasteiger charge is -2.21. The number of fused-ring (bicyclic) bond motifs is 3. The fraction of sp³-hybridized carbons (Fsp3) is 0.0769. The van der Waals surface area contributed by atoms with Gasteiger partial charge in [0.25, 0.3) is 5.52 Å². The van der Waals surface area contributed by atoms with Crippen molar-refractivity contribution in [1.82, 2.24) is 4.73 Å². The molecule has 0 saturated carbocycles. The Labute approximate surface area is 173 Å². The molecule has 0 saturated heterocycles. The molecule has 0 amide bonds. The molecule has 0 spiro atoms. The van der Waals surface area contributed by atoms with E-state index in [1.165, 1.54) is 0 Å². The molecule has 3 aromatic carbocycles. The van der Waals surface area contributed by atoms with Gasteiger partial charge in [0.1, 0.15) is 5.52 Å². The fourth-order valence-electron chi connectivity index (χ4n) is 4.18. The number of hydrogen-bond donors (Lipinski definition) is 0. The number of benzene rings is 3. The van der Waals surface area contributed by atoms with Crippen LogP contribution >= 0.6 is 0 Å². The van der Waals surface area contributed by atoms with E-state index in [1.807, 2.05) is 84.9 Å². The molecule has 0 aliphatic heterocycles. The largest absolute Gasteiger partial charge is 0.805 e. The van der Waals surface area contributed by atoms with Gasteiger partial charge < -0.3 is 9.94 Å². The van der Waals surface area contributed by atoms with Crippen LogP contribution in [-0.2, 0) is 0 Å². The normalized spacial score (nSPS) is 11.3. The minimum absolute atomic E-state index is 0.405. The smallest absolute Gasteiger partial charge is 0.294 e. The summed E-state index contributed by atoms with van der Waals surface area (Å²) in [6.07, 6.45) is 0. The highest BCUT2D eigenvalue weighted by Gasteiger charge is 2.22. The molecule has 2 heterocycles. The Morgan fingerprint density at radius 2 is 1.27 bits per heavy atom. The lowest BCUT2D eigenvalue weighted by molar-refractivity contribution is -0.471. The maximum Gasteiger partial charge on any atom is 0.294 e. The van der Waals surface area contributed by atoms with E-state index < -0.39 is 0 Å². The molecule has 0 radical (unpaired) electrons. The van der Waals surface area contributed by atoms with E-state index in [9.17, 15) is 10.1 Å². The third kappa shape index (κ3) is 2.69. The first-order valence-corrected chi connectivity index (χ1v) is 9.90. The molecule has 0 unspecified atom stereocenters. The standard InChI is InChI=1S/C26H20N2O2/c1-17-15-23(19-9-5-3-6-10-19)21-13-14-22-24(20-11-7-4-8-12-20)16-18(2)28(30)26(22)25(21)27(17)29/h3-16H,1-2H3. The Bertz CT molecular complexity index is 1470. The van der Waals surface area contributed by atoms with Crippen LogP contribution in [0, 0.1) is 24.0 Å². The van der Waals surface area contributed by atoms with Crippen LogP contribution in [0.4, 0.5) is 0 Å². The summed E-state index contributed by atoms with van der Waals surface area (Å²) in [6.45, 7) is 3.56. The molecule has 146 valence electrons.